The molecule has 1 aliphatic carbocycles. The van der Waals surface area contributed by atoms with Gasteiger partial charge in [0.2, 0.25) is 0 Å². The van der Waals surface area contributed by atoms with Crippen LogP contribution in [0.15, 0.2) is 24.3 Å². The molecule has 2 nitrogen and oxygen atoms in total. The summed E-state index contributed by atoms with van der Waals surface area (Å²) in [5.41, 5.74) is 5.97. The summed E-state index contributed by atoms with van der Waals surface area (Å²) < 4.78 is 0. The van der Waals surface area contributed by atoms with Crippen LogP contribution in [0.1, 0.15) is 69.0 Å². The minimum absolute atomic E-state index is 0.303. The molecule has 1 saturated carbocycles. The molecule has 1 fully saturated rings. The molecule has 0 radical (unpaired) electrons. The van der Waals surface area contributed by atoms with Gasteiger partial charge in [0.1, 0.15) is 0 Å². The van der Waals surface area contributed by atoms with E-state index in [9.17, 15) is 0 Å². The van der Waals surface area contributed by atoms with Gasteiger partial charge < -0.3 is 0 Å². The van der Waals surface area contributed by atoms with E-state index in [-0.39, 0.29) is 0 Å². The van der Waals surface area contributed by atoms with Crippen LogP contribution in [0.2, 0.25) is 0 Å². The lowest BCUT2D eigenvalue weighted by atomic mass is 9.76. The first-order chi connectivity index (χ1) is 8.76. The highest BCUT2D eigenvalue weighted by atomic mass is 15.2. The van der Waals surface area contributed by atoms with E-state index in [0.29, 0.717) is 12.0 Å². The zero-order valence-electron chi connectivity index (χ0n) is 11.7. The Kier molecular flexibility index (Phi) is 4.79. The van der Waals surface area contributed by atoms with E-state index in [1.54, 1.807) is 0 Å². The van der Waals surface area contributed by atoms with Crippen LogP contribution in [-0.4, -0.2) is 0 Å². The third kappa shape index (κ3) is 2.93. The van der Waals surface area contributed by atoms with Crippen LogP contribution in [0.4, 0.5) is 0 Å². The molecule has 0 saturated heterocycles. The smallest absolute Gasteiger partial charge is 0.0465 e. The van der Waals surface area contributed by atoms with Crippen molar-refractivity contribution in [1.82, 2.24) is 5.43 Å². The minimum atomic E-state index is 0.303. The lowest BCUT2D eigenvalue weighted by Crippen LogP contribution is -2.30. The zero-order chi connectivity index (χ0) is 13.0. The van der Waals surface area contributed by atoms with Gasteiger partial charge in [-0.2, -0.15) is 0 Å². The lowest BCUT2D eigenvalue weighted by molar-refractivity contribution is 0.386. The van der Waals surface area contributed by atoms with Gasteiger partial charge in [0.15, 0.2) is 0 Å². The molecule has 18 heavy (non-hydrogen) atoms. The van der Waals surface area contributed by atoms with Crippen LogP contribution in [0.25, 0.3) is 0 Å². The SMILES string of the molecule is CCC(C)CC(NN)c1ccccc1C1CCC1. The number of hydrogen-bond donors (Lipinski definition) is 2. The molecular formula is C16H26N2. The summed E-state index contributed by atoms with van der Waals surface area (Å²) >= 11 is 0. The molecule has 0 aliphatic heterocycles. The number of benzene rings is 1. The quantitative estimate of drug-likeness (QED) is 0.590. The highest BCUT2D eigenvalue weighted by Gasteiger charge is 2.25. The van der Waals surface area contributed by atoms with Gasteiger partial charge >= 0.3 is 0 Å². The van der Waals surface area contributed by atoms with E-state index >= 15 is 0 Å². The maximum absolute atomic E-state index is 5.79. The number of nitrogens with two attached hydrogens (primary N) is 1. The molecule has 100 valence electrons. The topological polar surface area (TPSA) is 38.0 Å². The molecule has 2 atom stereocenters. The average molecular weight is 246 g/mol. The van der Waals surface area contributed by atoms with Crippen molar-refractivity contribution < 1.29 is 0 Å². The fraction of sp³-hybridized carbons (Fsp3) is 0.625. The van der Waals surface area contributed by atoms with E-state index in [1.807, 2.05) is 0 Å². The second kappa shape index (κ2) is 6.35. The van der Waals surface area contributed by atoms with Crippen molar-refractivity contribution in [3.8, 4) is 0 Å². The predicted molar refractivity (Wildman–Crippen MR) is 77.2 cm³/mol. The Balaban J connectivity index is 2.18. The molecule has 1 aromatic carbocycles. The van der Waals surface area contributed by atoms with Crippen molar-refractivity contribution in [2.45, 2.75) is 57.9 Å². The summed E-state index contributed by atoms with van der Waals surface area (Å²) in [6.07, 6.45) is 6.40. The summed E-state index contributed by atoms with van der Waals surface area (Å²) in [7, 11) is 0. The van der Waals surface area contributed by atoms with E-state index in [0.717, 1.165) is 12.3 Å². The van der Waals surface area contributed by atoms with Gasteiger partial charge in [-0.05, 0) is 42.2 Å². The van der Waals surface area contributed by atoms with Crippen LogP contribution in [-0.2, 0) is 0 Å². The monoisotopic (exact) mass is 246 g/mol. The number of hydrazine groups is 1. The summed E-state index contributed by atoms with van der Waals surface area (Å²) in [5.74, 6) is 7.27. The van der Waals surface area contributed by atoms with Crippen molar-refractivity contribution in [2.24, 2.45) is 11.8 Å². The van der Waals surface area contributed by atoms with Crippen molar-refractivity contribution in [1.29, 1.82) is 0 Å². The van der Waals surface area contributed by atoms with E-state index < -0.39 is 0 Å². The summed E-state index contributed by atoms with van der Waals surface area (Å²) in [6, 6.07) is 9.14. The number of nitrogens with one attached hydrogen (secondary N) is 1. The number of hydrogen-bond acceptors (Lipinski definition) is 2. The third-order valence-electron chi connectivity index (χ3n) is 4.45. The van der Waals surface area contributed by atoms with Gasteiger partial charge in [-0.15, -0.1) is 0 Å². The Morgan fingerprint density at radius 1 is 1.33 bits per heavy atom. The maximum Gasteiger partial charge on any atom is 0.0465 e. The van der Waals surface area contributed by atoms with Crippen LogP contribution in [0.3, 0.4) is 0 Å². The zero-order valence-corrected chi connectivity index (χ0v) is 11.7. The first kappa shape index (κ1) is 13.6. The Labute approximate surface area is 111 Å². The fourth-order valence-electron chi connectivity index (χ4n) is 2.77. The lowest BCUT2D eigenvalue weighted by Gasteiger charge is -2.31. The first-order valence-electron chi connectivity index (χ1n) is 7.31. The molecule has 0 bridgehead atoms. The average Bonchev–Trinajstić information content (AvgIpc) is 2.34. The highest BCUT2D eigenvalue weighted by molar-refractivity contribution is 5.34. The maximum atomic E-state index is 5.79. The second-order valence-electron chi connectivity index (χ2n) is 5.73. The van der Waals surface area contributed by atoms with Crippen LogP contribution in [0, 0.1) is 5.92 Å². The molecule has 2 heteroatoms. The predicted octanol–water partition coefficient (Wildman–Crippen LogP) is 3.89. The van der Waals surface area contributed by atoms with Crippen LogP contribution in [0.5, 0.6) is 0 Å². The summed E-state index contributed by atoms with van der Waals surface area (Å²) in [5, 5.41) is 0. The minimum Gasteiger partial charge on any atom is -0.271 e. The Morgan fingerprint density at radius 3 is 2.61 bits per heavy atom. The molecule has 1 aromatic rings. The summed E-state index contributed by atoms with van der Waals surface area (Å²) in [4.78, 5) is 0. The third-order valence-corrected chi connectivity index (χ3v) is 4.45. The fourth-order valence-corrected chi connectivity index (χ4v) is 2.77. The Morgan fingerprint density at radius 2 is 2.06 bits per heavy atom. The van der Waals surface area contributed by atoms with Gasteiger partial charge in [-0.3, -0.25) is 11.3 Å². The van der Waals surface area contributed by atoms with Gasteiger partial charge in [0.25, 0.3) is 0 Å². The number of rotatable bonds is 6. The Hall–Kier alpha value is -0.860. The van der Waals surface area contributed by atoms with Crippen LogP contribution < -0.4 is 11.3 Å². The van der Waals surface area contributed by atoms with Crippen molar-refractivity contribution in [3.05, 3.63) is 35.4 Å². The molecular weight excluding hydrogens is 220 g/mol. The molecule has 0 heterocycles. The largest absolute Gasteiger partial charge is 0.271 e. The van der Waals surface area contributed by atoms with Crippen LogP contribution >= 0.6 is 0 Å². The van der Waals surface area contributed by atoms with Crippen molar-refractivity contribution in [2.75, 3.05) is 0 Å². The molecule has 3 N–H and O–H groups in total. The molecule has 0 spiro atoms. The first-order valence-corrected chi connectivity index (χ1v) is 7.31. The Bertz CT molecular complexity index is 371. The van der Waals surface area contributed by atoms with E-state index in [1.165, 1.54) is 36.8 Å². The molecule has 2 unspecified atom stereocenters. The molecule has 2 rings (SSSR count). The van der Waals surface area contributed by atoms with Gasteiger partial charge in [0.05, 0.1) is 0 Å². The highest BCUT2D eigenvalue weighted by Crippen LogP contribution is 2.40. The molecule has 1 aliphatic rings. The van der Waals surface area contributed by atoms with Gasteiger partial charge in [-0.1, -0.05) is 51.0 Å². The standard InChI is InChI=1S/C16H26N2/c1-3-12(2)11-16(18-17)15-10-5-4-9-14(15)13-7-6-8-13/h4-5,9-10,12-13,16,18H,3,6-8,11,17H2,1-2H3. The normalized spacial score (nSPS) is 19.3. The van der Waals surface area contributed by atoms with Gasteiger partial charge in [-0.25, -0.2) is 0 Å². The van der Waals surface area contributed by atoms with E-state index in [4.69, 9.17) is 5.84 Å². The van der Waals surface area contributed by atoms with Crippen molar-refractivity contribution >= 4 is 0 Å². The molecule has 0 amide bonds. The second-order valence-corrected chi connectivity index (χ2v) is 5.73. The summed E-state index contributed by atoms with van der Waals surface area (Å²) in [6.45, 7) is 4.55. The van der Waals surface area contributed by atoms with Crippen molar-refractivity contribution in [3.63, 3.8) is 0 Å². The van der Waals surface area contributed by atoms with Gasteiger partial charge in [0, 0.05) is 6.04 Å². The van der Waals surface area contributed by atoms with E-state index in [2.05, 4.69) is 43.5 Å². The molecule has 0 aromatic heterocycles.